The molecule has 0 aliphatic rings. The number of nitrogens with zero attached hydrogens (tertiary/aromatic N) is 5. The Kier molecular flexibility index (Phi) is 7.03. The summed E-state index contributed by atoms with van der Waals surface area (Å²) in [5.74, 6) is -2.56. The van der Waals surface area contributed by atoms with Crippen LogP contribution in [0.5, 0.6) is 0 Å². The van der Waals surface area contributed by atoms with Gasteiger partial charge in [0.05, 0.1) is 11.1 Å². The fraction of sp³-hybridized carbons (Fsp3) is 0.421. The lowest BCUT2D eigenvalue weighted by Gasteiger charge is -2.22. The highest BCUT2D eigenvalue weighted by Gasteiger charge is 2.37. The van der Waals surface area contributed by atoms with Crippen molar-refractivity contribution in [3.05, 3.63) is 35.2 Å². The van der Waals surface area contributed by atoms with E-state index < -0.39 is 40.1 Å². The highest BCUT2D eigenvalue weighted by atomic mass is 35.5. The van der Waals surface area contributed by atoms with E-state index in [1.165, 1.54) is 0 Å². The molecule has 0 fully saturated rings. The molecule has 32 heavy (non-hydrogen) atoms. The van der Waals surface area contributed by atoms with Gasteiger partial charge >= 0.3 is 6.18 Å². The molecule has 3 rings (SSSR count). The standard InChI is InChI=1S/C19H21ClF5N7/c1-10(19(23,24)25)29-17-15(16(20)30-18-27-9-28-32(17)18)14-12(21)7-11(8-13(14)22)26-5-4-6-31(2)3/h7-10,26,29H,4-6H2,1-3H3/t10-/m0/s1. The number of hydrogen-bond donors (Lipinski definition) is 2. The van der Waals surface area contributed by atoms with Crippen molar-refractivity contribution in [1.82, 2.24) is 24.5 Å². The third-order valence-corrected chi connectivity index (χ3v) is 4.90. The van der Waals surface area contributed by atoms with Gasteiger partial charge in [-0.25, -0.2) is 8.78 Å². The van der Waals surface area contributed by atoms with E-state index in [4.69, 9.17) is 11.6 Å². The van der Waals surface area contributed by atoms with Crippen LogP contribution in [0.4, 0.5) is 33.5 Å². The molecule has 0 bridgehead atoms. The van der Waals surface area contributed by atoms with Gasteiger partial charge in [-0.2, -0.15) is 32.8 Å². The summed E-state index contributed by atoms with van der Waals surface area (Å²) in [6.07, 6.45) is -2.86. The van der Waals surface area contributed by atoms with Crippen LogP contribution in [0, 0.1) is 11.6 Å². The van der Waals surface area contributed by atoms with E-state index in [1.807, 2.05) is 19.0 Å². The van der Waals surface area contributed by atoms with E-state index in [9.17, 15) is 13.2 Å². The molecule has 2 aromatic heterocycles. The van der Waals surface area contributed by atoms with Gasteiger partial charge in [-0.15, -0.1) is 0 Å². The second-order valence-corrected chi connectivity index (χ2v) is 7.76. The number of benzene rings is 1. The van der Waals surface area contributed by atoms with Gasteiger partial charge < -0.3 is 15.5 Å². The fourth-order valence-electron chi connectivity index (χ4n) is 3.00. The first-order valence-corrected chi connectivity index (χ1v) is 9.97. The first kappa shape index (κ1) is 23.9. The van der Waals surface area contributed by atoms with Gasteiger partial charge in [-0.3, -0.25) is 0 Å². The highest BCUT2D eigenvalue weighted by Crippen LogP contribution is 2.39. The Balaban J connectivity index is 2.05. The number of halogens is 6. The molecule has 1 aromatic carbocycles. The Bertz CT molecular complexity index is 1080. The van der Waals surface area contributed by atoms with Gasteiger partial charge in [-0.05, 0) is 46.1 Å². The second-order valence-electron chi connectivity index (χ2n) is 7.40. The van der Waals surface area contributed by atoms with Gasteiger partial charge in [0.2, 0.25) is 0 Å². The molecule has 0 radical (unpaired) electrons. The third kappa shape index (κ3) is 5.18. The van der Waals surface area contributed by atoms with Gasteiger partial charge in [0.1, 0.15) is 35.0 Å². The molecule has 2 N–H and O–H groups in total. The summed E-state index contributed by atoms with van der Waals surface area (Å²) in [7, 11) is 3.81. The molecule has 2 heterocycles. The highest BCUT2D eigenvalue weighted by molar-refractivity contribution is 6.33. The van der Waals surface area contributed by atoms with Gasteiger partial charge in [0, 0.05) is 12.2 Å². The Morgan fingerprint density at radius 2 is 1.81 bits per heavy atom. The van der Waals surface area contributed by atoms with E-state index in [1.54, 1.807) is 0 Å². The minimum atomic E-state index is -4.64. The Morgan fingerprint density at radius 3 is 2.41 bits per heavy atom. The Labute approximate surface area is 185 Å². The number of anilines is 2. The lowest BCUT2D eigenvalue weighted by Crippen LogP contribution is -2.34. The maximum absolute atomic E-state index is 15.0. The fourth-order valence-corrected chi connectivity index (χ4v) is 3.26. The van der Waals surface area contributed by atoms with Crippen molar-refractivity contribution < 1.29 is 22.0 Å². The predicted octanol–water partition coefficient (Wildman–Crippen LogP) is 4.45. The van der Waals surface area contributed by atoms with E-state index in [0.29, 0.717) is 6.54 Å². The van der Waals surface area contributed by atoms with Crippen LogP contribution in [0.2, 0.25) is 5.15 Å². The van der Waals surface area contributed by atoms with Crippen molar-refractivity contribution in [1.29, 1.82) is 0 Å². The summed E-state index contributed by atoms with van der Waals surface area (Å²) < 4.78 is 70.5. The molecule has 0 aliphatic heterocycles. The number of aromatic nitrogens is 4. The largest absolute Gasteiger partial charge is 0.408 e. The van der Waals surface area contributed by atoms with E-state index >= 15 is 8.78 Å². The summed E-state index contributed by atoms with van der Waals surface area (Å²) in [5.41, 5.74) is -0.836. The SMILES string of the molecule is C[C@H](Nc1c(-c2c(F)cc(NCCCN(C)C)cc2F)c(Cl)nc2ncnn12)C(F)(F)F. The molecule has 0 saturated heterocycles. The zero-order valence-corrected chi connectivity index (χ0v) is 18.2. The summed E-state index contributed by atoms with van der Waals surface area (Å²) in [4.78, 5) is 9.67. The molecule has 174 valence electrons. The van der Waals surface area contributed by atoms with Crippen LogP contribution in [0.15, 0.2) is 18.5 Å². The Morgan fingerprint density at radius 1 is 1.16 bits per heavy atom. The number of hydrogen-bond acceptors (Lipinski definition) is 6. The molecule has 1 atom stereocenters. The van der Waals surface area contributed by atoms with E-state index in [-0.39, 0.29) is 17.3 Å². The van der Waals surface area contributed by atoms with Crippen LogP contribution in [-0.2, 0) is 0 Å². The van der Waals surface area contributed by atoms with Gasteiger partial charge in [-0.1, -0.05) is 11.6 Å². The predicted molar refractivity (Wildman–Crippen MR) is 112 cm³/mol. The maximum atomic E-state index is 15.0. The molecule has 0 aliphatic carbocycles. The van der Waals surface area contributed by atoms with Crippen molar-refractivity contribution in [3.63, 3.8) is 0 Å². The Hall–Kier alpha value is -2.73. The van der Waals surface area contributed by atoms with Crippen molar-refractivity contribution in [2.24, 2.45) is 0 Å². The second kappa shape index (κ2) is 9.41. The lowest BCUT2D eigenvalue weighted by atomic mass is 10.0. The first-order chi connectivity index (χ1) is 15.0. The third-order valence-electron chi connectivity index (χ3n) is 4.63. The van der Waals surface area contributed by atoms with E-state index in [0.717, 1.165) is 42.9 Å². The topological polar surface area (TPSA) is 70.4 Å². The van der Waals surface area contributed by atoms with Crippen LogP contribution in [0.1, 0.15) is 13.3 Å². The molecular formula is C19H21ClF5N7. The van der Waals surface area contributed by atoms with Crippen molar-refractivity contribution >= 4 is 28.9 Å². The average molecular weight is 478 g/mol. The lowest BCUT2D eigenvalue weighted by molar-refractivity contribution is -0.138. The molecule has 13 heteroatoms. The first-order valence-electron chi connectivity index (χ1n) is 9.59. The molecule has 3 aromatic rings. The van der Waals surface area contributed by atoms with E-state index in [2.05, 4.69) is 25.7 Å². The summed E-state index contributed by atoms with van der Waals surface area (Å²) in [5, 5.41) is 8.51. The minimum absolute atomic E-state index is 0.129. The molecule has 7 nitrogen and oxygen atoms in total. The minimum Gasteiger partial charge on any atom is -0.385 e. The van der Waals surface area contributed by atoms with Crippen LogP contribution in [0.3, 0.4) is 0 Å². The van der Waals surface area contributed by atoms with Crippen molar-refractivity contribution in [3.8, 4) is 11.1 Å². The van der Waals surface area contributed by atoms with Crippen LogP contribution in [-0.4, -0.2) is 63.9 Å². The molecule has 0 amide bonds. The molecule has 0 saturated carbocycles. The van der Waals surface area contributed by atoms with Crippen LogP contribution in [0.25, 0.3) is 16.9 Å². The zero-order chi connectivity index (χ0) is 23.6. The maximum Gasteiger partial charge on any atom is 0.408 e. The quantitative estimate of drug-likeness (QED) is 0.284. The molecular weight excluding hydrogens is 457 g/mol. The normalized spacial score (nSPS) is 13.1. The van der Waals surface area contributed by atoms with Crippen LogP contribution >= 0.6 is 11.6 Å². The smallest absolute Gasteiger partial charge is 0.385 e. The molecule has 0 unspecified atom stereocenters. The molecule has 0 spiro atoms. The number of fused-ring (bicyclic) bond motifs is 1. The monoisotopic (exact) mass is 477 g/mol. The summed E-state index contributed by atoms with van der Waals surface area (Å²) in [6, 6.07) is 0.0238. The number of nitrogens with one attached hydrogen (secondary N) is 2. The van der Waals surface area contributed by atoms with Gasteiger partial charge in [0.25, 0.3) is 5.78 Å². The van der Waals surface area contributed by atoms with Gasteiger partial charge in [0.15, 0.2) is 0 Å². The van der Waals surface area contributed by atoms with Crippen molar-refractivity contribution in [2.75, 3.05) is 37.8 Å². The number of rotatable bonds is 8. The number of alkyl halides is 3. The average Bonchev–Trinajstić information content (AvgIpc) is 3.13. The zero-order valence-electron chi connectivity index (χ0n) is 17.4. The van der Waals surface area contributed by atoms with Crippen LogP contribution < -0.4 is 10.6 Å². The van der Waals surface area contributed by atoms with Crippen molar-refractivity contribution in [2.45, 2.75) is 25.6 Å². The summed E-state index contributed by atoms with van der Waals surface area (Å²) >= 11 is 6.15. The summed E-state index contributed by atoms with van der Waals surface area (Å²) in [6.45, 7) is 2.11.